The number of benzene rings is 3. The van der Waals surface area contributed by atoms with Crippen molar-refractivity contribution in [2.75, 3.05) is 12.0 Å². The molecule has 1 fully saturated rings. The first kappa shape index (κ1) is 20.2. The van der Waals surface area contributed by atoms with Crippen LogP contribution in [-0.4, -0.2) is 29.0 Å². The third kappa shape index (κ3) is 3.42. The van der Waals surface area contributed by atoms with Crippen LogP contribution in [-0.2, 0) is 9.59 Å². The van der Waals surface area contributed by atoms with Crippen molar-refractivity contribution in [2.24, 2.45) is 0 Å². The highest BCUT2D eigenvalue weighted by Crippen LogP contribution is 2.44. The van der Waals surface area contributed by atoms with Crippen LogP contribution in [0, 0.1) is 6.92 Å². The number of aromatic hydroxyl groups is 1. The summed E-state index contributed by atoms with van der Waals surface area (Å²) in [7, 11) is 1.42. The van der Waals surface area contributed by atoms with Crippen molar-refractivity contribution in [2.45, 2.75) is 13.0 Å². The molecule has 1 heterocycles. The van der Waals surface area contributed by atoms with E-state index < -0.39 is 17.7 Å². The molecule has 0 aliphatic carbocycles. The number of para-hydroxylation sites is 1. The van der Waals surface area contributed by atoms with Gasteiger partial charge < -0.3 is 14.9 Å². The Kier molecular flexibility index (Phi) is 5.21. The molecular weight excluding hydrogens is 394 g/mol. The number of amides is 1. The van der Waals surface area contributed by atoms with Gasteiger partial charge in [-0.1, -0.05) is 54.6 Å². The number of rotatable bonds is 4. The van der Waals surface area contributed by atoms with Crippen molar-refractivity contribution in [3.8, 4) is 11.5 Å². The van der Waals surface area contributed by atoms with E-state index in [9.17, 15) is 19.8 Å². The maximum absolute atomic E-state index is 13.2. The Bertz CT molecular complexity index is 1200. The molecule has 3 aromatic rings. The van der Waals surface area contributed by atoms with E-state index in [0.29, 0.717) is 16.8 Å². The van der Waals surface area contributed by atoms with Gasteiger partial charge >= 0.3 is 0 Å². The molecule has 31 heavy (non-hydrogen) atoms. The van der Waals surface area contributed by atoms with E-state index >= 15 is 0 Å². The highest BCUT2D eigenvalue weighted by molar-refractivity contribution is 6.51. The maximum Gasteiger partial charge on any atom is 0.300 e. The number of hydrogen-bond acceptors (Lipinski definition) is 5. The van der Waals surface area contributed by atoms with Crippen LogP contribution in [0.4, 0.5) is 5.69 Å². The average molecular weight is 415 g/mol. The molecule has 0 spiro atoms. The van der Waals surface area contributed by atoms with E-state index in [-0.39, 0.29) is 22.8 Å². The van der Waals surface area contributed by atoms with E-state index in [4.69, 9.17) is 4.74 Å². The number of carbonyl (C=O) groups excluding carboxylic acids is 2. The Morgan fingerprint density at radius 3 is 2.32 bits per heavy atom. The molecular formula is C25H21NO5. The second kappa shape index (κ2) is 7.99. The Morgan fingerprint density at radius 1 is 0.968 bits per heavy atom. The summed E-state index contributed by atoms with van der Waals surface area (Å²) in [6.45, 7) is 1.85. The number of aliphatic hydroxyl groups is 1. The first-order chi connectivity index (χ1) is 14.9. The van der Waals surface area contributed by atoms with Gasteiger partial charge in [0.2, 0.25) is 0 Å². The number of anilines is 1. The fourth-order valence-electron chi connectivity index (χ4n) is 3.85. The third-order valence-corrected chi connectivity index (χ3v) is 5.39. The summed E-state index contributed by atoms with van der Waals surface area (Å²) in [5.74, 6) is -1.63. The number of phenols is 1. The first-order valence-electron chi connectivity index (χ1n) is 9.73. The highest BCUT2D eigenvalue weighted by Gasteiger charge is 2.47. The predicted molar refractivity (Wildman–Crippen MR) is 117 cm³/mol. The lowest BCUT2D eigenvalue weighted by Crippen LogP contribution is -2.30. The molecule has 0 unspecified atom stereocenters. The number of phenolic OH excluding ortho intramolecular Hbond substituents is 1. The van der Waals surface area contributed by atoms with Gasteiger partial charge in [0.05, 0.1) is 18.7 Å². The van der Waals surface area contributed by atoms with Crippen LogP contribution in [0.15, 0.2) is 78.4 Å². The van der Waals surface area contributed by atoms with Crippen LogP contribution < -0.4 is 9.64 Å². The number of Topliss-reactive ketones (excluding diaryl/α,β-unsaturated/α-hetero) is 1. The SMILES string of the molecule is COc1cc([C@H]2C(=C(O)c3ccccc3)C(=O)C(=O)N2c2ccccc2C)ccc1O. The van der Waals surface area contributed by atoms with E-state index in [1.807, 2.05) is 19.1 Å². The van der Waals surface area contributed by atoms with Crippen LogP contribution in [0.1, 0.15) is 22.7 Å². The topological polar surface area (TPSA) is 87.1 Å². The quantitative estimate of drug-likeness (QED) is 0.376. The van der Waals surface area contributed by atoms with E-state index in [0.717, 1.165) is 5.56 Å². The lowest BCUT2D eigenvalue weighted by atomic mass is 9.94. The van der Waals surface area contributed by atoms with Gasteiger partial charge in [-0.05, 0) is 36.2 Å². The molecule has 1 aliphatic heterocycles. The van der Waals surface area contributed by atoms with Crippen LogP contribution in [0.2, 0.25) is 0 Å². The van der Waals surface area contributed by atoms with Crippen molar-refractivity contribution in [3.05, 3.63) is 95.1 Å². The second-order valence-electron chi connectivity index (χ2n) is 7.25. The third-order valence-electron chi connectivity index (χ3n) is 5.39. The number of carbonyl (C=O) groups is 2. The fraction of sp³-hybridized carbons (Fsp3) is 0.120. The molecule has 1 atom stereocenters. The average Bonchev–Trinajstić information content (AvgIpc) is 3.05. The van der Waals surface area contributed by atoms with E-state index in [1.54, 1.807) is 54.6 Å². The van der Waals surface area contributed by atoms with Crippen molar-refractivity contribution >= 4 is 23.1 Å². The van der Waals surface area contributed by atoms with Crippen LogP contribution in [0.25, 0.3) is 5.76 Å². The van der Waals surface area contributed by atoms with Gasteiger partial charge in [0.1, 0.15) is 5.76 Å². The number of nitrogens with zero attached hydrogens (tertiary/aromatic N) is 1. The lowest BCUT2D eigenvalue weighted by molar-refractivity contribution is -0.132. The molecule has 6 heteroatoms. The van der Waals surface area contributed by atoms with Crippen LogP contribution in [0.3, 0.4) is 0 Å². The predicted octanol–water partition coefficient (Wildman–Crippen LogP) is 4.34. The number of methoxy groups -OCH3 is 1. The van der Waals surface area contributed by atoms with Gasteiger partial charge in [-0.15, -0.1) is 0 Å². The zero-order chi connectivity index (χ0) is 22.1. The molecule has 6 nitrogen and oxygen atoms in total. The summed E-state index contributed by atoms with van der Waals surface area (Å²) in [4.78, 5) is 27.7. The van der Waals surface area contributed by atoms with Crippen LogP contribution in [0.5, 0.6) is 11.5 Å². The van der Waals surface area contributed by atoms with Crippen molar-refractivity contribution in [1.29, 1.82) is 0 Å². The first-order valence-corrected chi connectivity index (χ1v) is 9.73. The summed E-state index contributed by atoms with van der Waals surface area (Å²) in [6.07, 6.45) is 0. The maximum atomic E-state index is 13.2. The number of ketones is 1. The summed E-state index contributed by atoms with van der Waals surface area (Å²) < 4.78 is 5.23. The molecule has 3 aromatic carbocycles. The van der Waals surface area contributed by atoms with E-state index in [2.05, 4.69) is 0 Å². The Balaban J connectivity index is 1.99. The van der Waals surface area contributed by atoms with Gasteiger partial charge in [-0.25, -0.2) is 0 Å². The molecule has 1 aliphatic rings. The highest BCUT2D eigenvalue weighted by atomic mass is 16.5. The minimum Gasteiger partial charge on any atom is -0.507 e. The zero-order valence-corrected chi connectivity index (χ0v) is 17.1. The van der Waals surface area contributed by atoms with Gasteiger partial charge in [0, 0.05) is 11.3 Å². The van der Waals surface area contributed by atoms with Gasteiger partial charge in [-0.3, -0.25) is 14.5 Å². The normalized spacial score (nSPS) is 17.7. The summed E-state index contributed by atoms with van der Waals surface area (Å²) >= 11 is 0. The van der Waals surface area contributed by atoms with Crippen LogP contribution >= 0.6 is 0 Å². The molecule has 0 aromatic heterocycles. The smallest absolute Gasteiger partial charge is 0.300 e. The van der Waals surface area contributed by atoms with Gasteiger partial charge in [-0.2, -0.15) is 0 Å². The molecule has 156 valence electrons. The Morgan fingerprint density at radius 2 is 1.65 bits per heavy atom. The molecule has 0 radical (unpaired) electrons. The monoisotopic (exact) mass is 415 g/mol. The lowest BCUT2D eigenvalue weighted by Gasteiger charge is -2.27. The fourth-order valence-corrected chi connectivity index (χ4v) is 3.85. The molecule has 1 amide bonds. The van der Waals surface area contributed by atoms with Crippen molar-refractivity contribution in [1.82, 2.24) is 0 Å². The summed E-state index contributed by atoms with van der Waals surface area (Å²) in [5.41, 5.74) is 2.30. The molecule has 1 saturated heterocycles. The standard InChI is InChI=1S/C25H21NO5/c1-15-8-6-7-11-18(15)26-22(17-12-13-19(27)20(14-17)31-2)21(24(29)25(26)30)23(28)16-9-4-3-5-10-16/h3-14,22,27-28H,1-2H3/t22-/m0/s1. The Hall–Kier alpha value is -4.06. The minimum absolute atomic E-state index is 0.0211. The molecule has 2 N–H and O–H groups in total. The van der Waals surface area contributed by atoms with Crippen molar-refractivity contribution < 1.29 is 24.5 Å². The summed E-state index contributed by atoms with van der Waals surface area (Å²) in [6, 6.07) is 19.6. The van der Waals surface area contributed by atoms with Crippen molar-refractivity contribution in [3.63, 3.8) is 0 Å². The number of hydrogen-bond donors (Lipinski definition) is 2. The van der Waals surface area contributed by atoms with Gasteiger partial charge in [0.15, 0.2) is 11.5 Å². The largest absolute Gasteiger partial charge is 0.507 e. The minimum atomic E-state index is -0.893. The number of aryl methyl sites for hydroxylation is 1. The molecule has 0 saturated carbocycles. The van der Waals surface area contributed by atoms with Gasteiger partial charge in [0.25, 0.3) is 11.7 Å². The second-order valence-corrected chi connectivity index (χ2v) is 7.25. The molecule has 4 rings (SSSR count). The summed E-state index contributed by atoms with van der Waals surface area (Å²) in [5, 5.41) is 21.1. The Labute approximate surface area is 179 Å². The number of ether oxygens (including phenoxy) is 1. The zero-order valence-electron chi connectivity index (χ0n) is 17.1. The number of aliphatic hydroxyl groups excluding tert-OH is 1. The van der Waals surface area contributed by atoms with E-state index in [1.165, 1.54) is 18.1 Å². The molecule has 0 bridgehead atoms.